The molecule has 0 radical (unpaired) electrons. The highest BCUT2D eigenvalue weighted by atomic mass is 16.7. The van der Waals surface area contributed by atoms with E-state index < -0.39 is 73.1 Å². The van der Waals surface area contributed by atoms with Crippen molar-refractivity contribution in [2.75, 3.05) is 6.61 Å². The molecule has 1 N–H and O–H groups in total. The van der Waals surface area contributed by atoms with Crippen LogP contribution in [0.5, 0.6) is 0 Å². The third-order valence-corrected chi connectivity index (χ3v) is 5.21. The average molecular weight is 559 g/mol. The molecule has 13 nitrogen and oxygen atoms in total. The first-order valence-electron chi connectivity index (χ1n) is 13.1. The van der Waals surface area contributed by atoms with Crippen LogP contribution in [0.3, 0.4) is 0 Å². The van der Waals surface area contributed by atoms with Crippen molar-refractivity contribution in [3.8, 4) is 0 Å². The summed E-state index contributed by atoms with van der Waals surface area (Å²) in [7, 11) is 0. The molecular weight excluding hydrogens is 520 g/mol. The van der Waals surface area contributed by atoms with Crippen molar-refractivity contribution >= 4 is 35.8 Å². The number of hydrogen-bond acceptors (Lipinski definition) is 12. The Morgan fingerprint density at radius 3 is 1.54 bits per heavy atom. The molecule has 13 heteroatoms. The molecule has 1 aliphatic rings. The quantitative estimate of drug-likeness (QED) is 0.166. The highest BCUT2D eigenvalue weighted by molar-refractivity contribution is 5.90. The van der Waals surface area contributed by atoms with Crippen molar-refractivity contribution in [2.24, 2.45) is 0 Å². The van der Waals surface area contributed by atoms with E-state index in [0.717, 1.165) is 0 Å². The molecule has 0 spiro atoms. The van der Waals surface area contributed by atoms with Gasteiger partial charge in [-0.2, -0.15) is 0 Å². The van der Waals surface area contributed by atoms with Crippen molar-refractivity contribution in [1.29, 1.82) is 0 Å². The Labute approximate surface area is 227 Å². The third-order valence-electron chi connectivity index (χ3n) is 5.21. The lowest BCUT2D eigenvalue weighted by molar-refractivity contribution is -0.301. The summed E-state index contributed by atoms with van der Waals surface area (Å²) in [6.45, 7) is 6.36. The minimum Gasteiger partial charge on any atom is -0.478 e. The van der Waals surface area contributed by atoms with Gasteiger partial charge in [-0.05, 0) is 25.7 Å². The molecule has 0 aromatic rings. The fourth-order valence-corrected chi connectivity index (χ4v) is 3.50. The van der Waals surface area contributed by atoms with Gasteiger partial charge < -0.3 is 33.5 Å². The number of carbonyl (C=O) groups is 6. The summed E-state index contributed by atoms with van der Waals surface area (Å²) < 4.78 is 33.0. The molecule has 0 aromatic heterocycles. The maximum atomic E-state index is 12.6. The molecule has 0 amide bonds. The monoisotopic (exact) mass is 558 g/mol. The second kappa shape index (κ2) is 17.9. The largest absolute Gasteiger partial charge is 0.478 e. The minimum atomic E-state index is -1.59. The minimum absolute atomic E-state index is 0.000997. The number of carbonyl (C=O) groups excluding carboxylic acids is 5. The van der Waals surface area contributed by atoms with Crippen LogP contribution >= 0.6 is 0 Å². The summed E-state index contributed by atoms with van der Waals surface area (Å²) in [6, 6.07) is 0. The zero-order valence-corrected chi connectivity index (χ0v) is 22.8. The van der Waals surface area contributed by atoms with Crippen molar-refractivity contribution in [3.05, 3.63) is 12.2 Å². The molecule has 0 aliphatic carbocycles. The van der Waals surface area contributed by atoms with Crippen LogP contribution in [-0.4, -0.2) is 78.2 Å². The topological polar surface area (TPSA) is 178 Å². The first-order chi connectivity index (χ1) is 18.6. The van der Waals surface area contributed by atoms with Gasteiger partial charge >= 0.3 is 35.8 Å². The molecule has 0 unspecified atom stereocenters. The maximum Gasteiger partial charge on any atom is 0.331 e. The number of esters is 5. The van der Waals surface area contributed by atoms with Gasteiger partial charge in [0.15, 0.2) is 12.2 Å². The normalized spacial score (nSPS) is 22.5. The van der Waals surface area contributed by atoms with Gasteiger partial charge in [0.1, 0.15) is 12.7 Å². The van der Waals surface area contributed by atoms with Gasteiger partial charge in [0, 0.05) is 37.8 Å². The molecule has 0 saturated carbocycles. The highest BCUT2D eigenvalue weighted by Gasteiger charge is 2.54. The van der Waals surface area contributed by atoms with Gasteiger partial charge in [-0.25, -0.2) is 9.59 Å². The molecule has 1 saturated heterocycles. The van der Waals surface area contributed by atoms with Crippen LogP contribution in [-0.2, 0) is 57.2 Å². The molecule has 0 aromatic carbocycles. The van der Waals surface area contributed by atoms with E-state index in [0.29, 0.717) is 37.8 Å². The molecule has 39 heavy (non-hydrogen) atoms. The lowest BCUT2D eigenvalue weighted by Crippen LogP contribution is -2.63. The summed E-state index contributed by atoms with van der Waals surface area (Å²) >= 11 is 0. The number of aliphatic carboxylic acids is 1. The van der Waals surface area contributed by atoms with Crippen LogP contribution in [0.15, 0.2) is 12.2 Å². The third kappa shape index (κ3) is 12.3. The van der Waals surface area contributed by atoms with Crippen LogP contribution in [0, 0.1) is 0 Å². The summed E-state index contributed by atoms with van der Waals surface area (Å²) in [5.74, 6) is -5.20. The molecule has 1 rings (SSSR count). The van der Waals surface area contributed by atoms with E-state index in [-0.39, 0.29) is 25.7 Å². The number of rotatable bonds is 16. The van der Waals surface area contributed by atoms with Gasteiger partial charge in [0.2, 0.25) is 12.4 Å². The van der Waals surface area contributed by atoms with Crippen LogP contribution in [0.25, 0.3) is 0 Å². The van der Waals surface area contributed by atoms with E-state index in [1.165, 1.54) is 0 Å². The van der Waals surface area contributed by atoms with E-state index in [2.05, 4.69) is 0 Å². The van der Waals surface area contributed by atoms with E-state index in [4.69, 9.17) is 33.5 Å². The predicted molar refractivity (Wildman–Crippen MR) is 132 cm³/mol. The SMILES string of the molecule is CCCC(=O)O[C@@H]1O[C@H](COC(=O)/C=C/C(=O)O)[C@@H](OC(=O)CCC)[C@H](OC(=O)CCC)[C@H]1OC(=O)CCC. The lowest BCUT2D eigenvalue weighted by Gasteiger charge is -2.44. The van der Waals surface area contributed by atoms with E-state index in [1.807, 2.05) is 0 Å². The maximum absolute atomic E-state index is 12.6. The van der Waals surface area contributed by atoms with Crippen LogP contribution in [0.4, 0.5) is 0 Å². The van der Waals surface area contributed by atoms with Crippen LogP contribution in [0.1, 0.15) is 79.1 Å². The van der Waals surface area contributed by atoms with Crippen molar-refractivity contribution < 1.29 is 62.3 Å². The van der Waals surface area contributed by atoms with Crippen molar-refractivity contribution in [3.63, 3.8) is 0 Å². The van der Waals surface area contributed by atoms with Gasteiger partial charge in [-0.15, -0.1) is 0 Å². The molecule has 1 fully saturated rings. The van der Waals surface area contributed by atoms with Crippen molar-refractivity contribution in [2.45, 2.75) is 110 Å². The Balaban J connectivity index is 3.48. The Morgan fingerprint density at radius 1 is 0.641 bits per heavy atom. The Morgan fingerprint density at radius 2 is 1.08 bits per heavy atom. The lowest BCUT2D eigenvalue weighted by atomic mass is 9.97. The zero-order chi connectivity index (χ0) is 29.4. The number of ether oxygens (including phenoxy) is 6. The Kier molecular flexibility index (Phi) is 15.4. The zero-order valence-electron chi connectivity index (χ0n) is 22.8. The summed E-state index contributed by atoms with van der Waals surface area (Å²) in [5, 5.41) is 8.72. The average Bonchev–Trinajstić information content (AvgIpc) is 2.85. The first-order valence-corrected chi connectivity index (χ1v) is 13.1. The highest BCUT2D eigenvalue weighted by Crippen LogP contribution is 2.31. The standard InChI is InChI=1S/C26H38O13/c1-5-9-19(30)36-23-16(15-34-18(29)14-13-17(27)28)35-26(39-22(33)12-8-4)25(38-21(32)11-7-3)24(23)37-20(31)10-6-2/h13-14,16,23-26H,5-12,15H2,1-4H3,(H,27,28)/b14-13+/t16-,23-,24+,25-,26+/m1/s1. The fraction of sp³-hybridized carbons (Fsp3) is 0.692. The summed E-state index contributed by atoms with van der Waals surface area (Å²) in [4.78, 5) is 72.7. The fourth-order valence-electron chi connectivity index (χ4n) is 3.50. The molecule has 1 aliphatic heterocycles. The van der Waals surface area contributed by atoms with E-state index in [9.17, 15) is 28.8 Å². The molecule has 5 atom stereocenters. The van der Waals surface area contributed by atoms with Crippen LogP contribution < -0.4 is 0 Å². The van der Waals surface area contributed by atoms with Gasteiger partial charge in [-0.1, -0.05) is 27.7 Å². The number of carboxylic acid groups (broad SMARTS) is 1. The number of hydrogen-bond donors (Lipinski definition) is 1. The molecule has 0 bridgehead atoms. The smallest absolute Gasteiger partial charge is 0.331 e. The van der Waals surface area contributed by atoms with Gasteiger partial charge in [0.05, 0.1) is 0 Å². The number of carboxylic acids is 1. The molecule has 220 valence electrons. The summed E-state index contributed by atoms with van der Waals surface area (Å²) in [6.07, 6.45) is -4.39. The van der Waals surface area contributed by atoms with E-state index in [1.54, 1.807) is 27.7 Å². The Bertz CT molecular complexity index is 881. The first kappa shape index (κ1) is 33.5. The van der Waals surface area contributed by atoms with E-state index >= 15 is 0 Å². The molecule has 1 heterocycles. The summed E-state index contributed by atoms with van der Waals surface area (Å²) in [5.41, 5.74) is 0. The second-order valence-corrected chi connectivity index (χ2v) is 8.70. The Hall–Kier alpha value is -3.48. The van der Waals surface area contributed by atoms with Crippen LogP contribution in [0.2, 0.25) is 0 Å². The molecular formula is C26H38O13. The second-order valence-electron chi connectivity index (χ2n) is 8.70. The predicted octanol–water partition coefficient (Wildman–Crippen LogP) is 2.37. The van der Waals surface area contributed by atoms with Crippen molar-refractivity contribution in [1.82, 2.24) is 0 Å². The van der Waals surface area contributed by atoms with Gasteiger partial charge in [0.25, 0.3) is 0 Å². The van der Waals surface area contributed by atoms with Gasteiger partial charge in [-0.3, -0.25) is 19.2 Å².